The van der Waals surface area contributed by atoms with E-state index < -0.39 is 0 Å². The second-order valence-electron chi connectivity index (χ2n) is 7.05. The van der Waals surface area contributed by atoms with Gasteiger partial charge in [-0.1, -0.05) is 24.3 Å². The largest absolute Gasteiger partial charge is 0.464 e. The second-order valence-corrected chi connectivity index (χ2v) is 7.05. The molecular formula is C21H20N2O3. The zero-order valence-corrected chi connectivity index (χ0v) is 14.3. The van der Waals surface area contributed by atoms with Gasteiger partial charge in [-0.25, -0.2) is 0 Å². The first kappa shape index (κ1) is 15.5. The van der Waals surface area contributed by atoms with Gasteiger partial charge in [0, 0.05) is 29.3 Å². The Morgan fingerprint density at radius 1 is 1.00 bits per heavy atom. The summed E-state index contributed by atoms with van der Waals surface area (Å²) in [6, 6.07) is 16.4. The zero-order valence-electron chi connectivity index (χ0n) is 14.3. The summed E-state index contributed by atoms with van der Waals surface area (Å²) in [7, 11) is 0. The molecule has 2 aliphatic rings. The maximum Gasteiger partial charge on any atom is 0.287 e. The molecule has 0 aliphatic carbocycles. The first-order valence-electron chi connectivity index (χ1n) is 9.08. The van der Waals surface area contributed by atoms with E-state index in [0.29, 0.717) is 23.6 Å². The summed E-state index contributed by atoms with van der Waals surface area (Å²) in [6.45, 7) is 0. The van der Waals surface area contributed by atoms with Gasteiger partial charge in [0.1, 0.15) is 11.5 Å². The molecule has 3 unspecified atom stereocenters. The summed E-state index contributed by atoms with van der Waals surface area (Å²) in [4.78, 5) is 12.6. The quantitative estimate of drug-likeness (QED) is 0.752. The minimum Gasteiger partial charge on any atom is -0.464 e. The van der Waals surface area contributed by atoms with Crippen LogP contribution in [0.2, 0.25) is 0 Å². The van der Waals surface area contributed by atoms with Crippen LogP contribution >= 0.6 is 0 Å². The van der Waals surface area contributed by atoms with Crippen molar-refractivity contribution in [1.29, 1.82) is 0 Å². The van der Waals surface area contributed by atoms with Gasteiger partial charge < -0.3 is 19.5 Å². The number of hydrogen-bond donors (Lipinski definition) is 2. The average Bonchev–Trinajstić information content (AvgIpc) is 3.46. The molecule has 0 spiro atoms. The molecule has 2 aliphatic heterocycles. The summed E-state index contributed by atoms with van der Waals surface area (Å²) in [5.41, 5.74) is 1.85. The maximum atomic E-state index is 12.6. The Morgan fingerprint density at radius 2 is 1.85 bits per heavy atom. The third-order valence-electron chi connectivity index (χ3n) is 5.43. The fraction of sp³-hybridized carbons (Fsp3) is 0.286. The highest BCUT2D eigenvalue weighted by molar-refractivity contribution is 5.92. The Labute approximate surface area is 151 Å². The summed E-state index contributed by atoms with van der Waals surface area (Å²) in [6.07, 6.45) is 5.00. The monoisotopic (exact) mass is 348 g/mol. The van der Waals surface area contributed by atoms with Gasteiger partial charge in [-0.15, -0.1) is 0 Å². The van der Waals surface area contributed by atoms with Crippen molar-refractivity contribution in [1.82, 2.24) is 10.6 Å². The van der Waals surface area contributed by atoms with Crippen molar-refractivity contribution in [2.45, 2.75) is 37.4 Å². The number of fused-ring (bicyclic) bond motifs is 2. The molecule has 2 N–H and O–H groups in total. The molecule has 5 heteroatoms. The first-order chi connectivity index (χ1) is 12.8. The van der Waals surface area contributed by atoms with Crippen LogP contribution in [0, 0.1) is 0 Å². The lowest BCUT2D eigenvalue weighted by atomic mass is 9.95. The van der Waals surface area contributed by atoms with Crippen LogP contribution in [-0.2, 0) is 0 Å². The van der Waals surface area contributed by atoms with Crippen LogP contribution in [0.1, 0.15) is 29.8 Å². The molecule has 2 aromatic heterocycles. The van der Waals surface area contributed by atoms with Gasteiger partial charge in [0.05, 0.1) is 6.26 Å². The second kappa shape index (κ2) is 6.18. The van der Waals surface area contributed by atoms with Gasteiger partial charge in [-0.2, -0.15) is 0 Å². The third kappa shape index (κ3) is 2.65. The summed E-state index contributed by atoms with van der Waals surface area (Å²) in [5.74, 6) is 1.63. The smallest absolute Gasteiger partial charge is 0.287 e. The minimum atomic E-state index is -0.147. The van der Waals surface area contributed by atoms with E-state index in [1.807, 2.05) is 42.5 Å². The SMILES string of the molecule is O=C(NC1CC2CCC1N2)c1ccc(-c2ccccc2-c2ccco2)o1. The van der Waals surface area contributed by atoms with E-state index in [9.17, 15) is 4.79 Å². The van der Waals surface area contributed by atoms with Crippen molar-refractivity contribution in [3.63, 3.8) is 0 Å². The fourth-order valence-corrected chi connectivity index (χ4v) is 4.17. The lowest BCUT2D eigenvalue weighted by Crippen LogP contribution is -2.42. The standard InChI is InChI=1S/C21H20N2O3/c24-21(23-17-12-13-7-8-16(17)22-13)20-10-9-19(26-20)15-5-2-1-4-14(15)18-6-3-11-25-18/h1-6,9-11,13,16-17,22H,7-8,12H2,(H,23,24). The lowest BCUT2D eigenvalue weighted by molar-refractivity contribution is 0.0903. The van der Waals surface area contributed by atoms with Crippen LogP contribution in [0.15, 0.2) is 63.6 Å². The van der Waals surface area contributed by atoms with Gasteiger partial charge in [-0.05, 0) is 43.5 Å². The van der Waals surface area contributed by atoms with Crippen molar-refractivity contribution >= 4 is 5.91 Å². The molecule has 2 fully saturated rings. The van der Waals surface area contributed by atoms with Crippen LogP contribution in [0.3, 0.4) is 0 Å². The maximum absolute atomic E-state index is 12.6. The Morgan fingerprint density at radius 3 is 2.54 bits per heavy atom. The van der Waals surface area contributed by atoms with Crippen molar-refractivity contribution in [3.05, 3.63) is 60.6 Å². The molecule has 0 saturated carbocycles. The molecule has 1 amide bonds. The van der Waals surface area contributed by atoms with Crippen LogP contribution in [0.4, 0.5) is 0 Å². The number of rotatable bonds is 4. The highest BCUT2D eigenvalue weighted by atomic mass is 16.4. The predicted molar refractivity (Wildman–Crippen MR) is 97.7 cm³/mol. The van der Waals surface area contributed by atoms with Gasteiger partial charge in [0.25, 0.3) is 5.91 Å². The highest BCUT2D eigenvalue weighted by Crippen LogP contribution is 2.33. The zero-order chi connectivity index (χ0) is 17.5. The summed E-state index contributed by atoms with van der Waals surface area (Å²) >= 11 is 0. The Hall–Kier alpha value is -2.79. The first-order valence-corrected chi connectivity index (χ1v) is 9.08. The molecule has 132 valence electrons. The van der Waals surface area contributed by atoms with Gasteiger partial charge in [-0.3, -0.25) is 4.79 Å². The molecule has 2 saturated heterocycles. The molecule has 4 heterocycles. The van der Waals surface area contributed by atoms with E-state index in [0.717, 1.165) is 29.7 Å². The van der Waals surface area contributed by atoms with Crippen molar-refractivity contribution in [2.24, 2.45) is 0 Å². The topological polar surface area (TPSA) is 67.4 Å². The highest BCUT2D eigenvalue weighted by Gasteiger charge is 2.40. The minimum absolute atomic E-state index is 0.147. The molecule has 1 aromatic carbocycles. The van der Waals surface area contributed by atoms with E-state index in [-0.39, 0.29) is 11.9 Å². The van der Waals surface area contributed by atoms with Crippen LogP contribution in [0.5, 0.6) is 0 Å². The molecule has 0 radical (unpaired) electrons. The Balaban J connectivity index is 1.38. The molecule has 2 bridgehead atoms. The summed E-state index contributed by atoms with van der Waals surface area (Å²) < 4.78 is 11.4. The number of hydrogen-bond acceptors (Lipinski definition) is 4. The predicted octanol–water partition coefficient (Wildman–Crippen LogP) is 3.83. The fourth-order valence-electron chi connectivity index (χ4n) is 4.17. The Kier molecular flexibility index (Phi) is 3.68. The van der Waals surface area contributed by atoms with E-state index >= 15 is 0 Å². The third-order valence-corrected chi connectivity index (χ3v) is 5.43. The average molecular weight is 348 g/mol. The van der Waals surface area contributed by atoms with E-state index in [2.05, 4.69) is 10.6 Å². The number of benzene rings is 1. The number of carbonyl (C=O) groups excluding carboxylic acids is 1. The number of nitrogens with one attached hydrogen (secondary N) is 2. The van der Waals surface area contributed by atoms with E-state index in [4.69, 9.17) is 8.83 Å². The molecule has 3 atom stereocenters. The molecule has 5 nitrogen and oxygen atoms in total. The molecule has 5 rings (SSSR count). The molecule has 26 heavy (non-hydrogen) atoms. The normalized spacial score (nSPS) is 24.1. The van der Waals surface area contributed by atoms with Gasteiger partial charge in [0.15, 0.2) is 5.76 Å². The molecular weight excluding hydrogens is 328 g/mol. The van der Waals surface area contributed by atoms with Crippen LogP contribution in [-0.4, -0.2) is 24.0 Å². The van der Waals surface area contributed by atoms with Crippen molar-refractivity contribution < 1.29 is 13.6 Å². The summed E-state index contributed by atoms with van der Waals surface area (Å²) in [5, 5.41) is 6.65. The number of carbonyl (C=O) groups is 1. The van der Waals surface area contributed by atoms with Crippen molar-refractivity contribution in [2.75, 3.05) is 0 Å². The number of furan rings is 2. The lowest BCUT2D eigenvalue weighted by Gasteiger charge is -2.20. The number of amides is 1. The van der Waals surface area contributed by atoms with Gasteiger partial charge in [0.2, 0.25) is 0 Å². The van der Waals surface area contributed by atoms with Gasteiger partial charge >= 0.3 is 0 Å². The van der Waals surface area contributed by atoms with Crippen molar-refractivity contribution in [3.8, 4) is 22.6 Å². The van der Waals surface area contributed by atoms with E-state index in [1.165, 1.54) is 6.42 Å². The Bertz CT molecular complexity index is 928. The van der Waals surface area contributed by atoms with Crippen LogP contribution < -0.4 is 10.6 Å². The van der Waals surface area contributed by atoms with Crippen LogP contribution in [0.25, 0.3) is 22.6 Å². The van der Waals surface area contributed by atoms with E-state index in [1.54, 1.807) is 12.3 Å². The molecule has 3 aromatic rings.